The minimum atomic E-state index is -0.200. The maximum absolute atomic E-state index is 12.8. The van der Waals surface area contributed by atoms with E-state index in [1.54, 1.807) is 12.4 Å². The fraction of sp³-hybridized carbons (Fsp3) is 0.611. The molecule has 1 amide bonds. The lowest BCUT2D eigenvalue weighted by Gasteiger charge is -2.50. The first-order valence-electron chi connectivity index (χ1n) is 9.01. The molecule has 2 aromatic heterocycles. The third-order valence-electron chi connectivity index (χ3n) is 5.86. The van der Waals surface area contributed by atoms with Crippen LogP contribution in [0.5, 0.6) is 0 Å². The Morgan fingerprint density at radius 1 is 1.40 bits per heavy atom. The summed E-state index contributed by atoms with van der Waals surface area (Å²) < 4.78 is 5.48. The van der Waals surface area contributed by atoms with E-state index in [0.29, 0.717) is 17.3 Å². The van der Waals surface area contributed by atoms with Crippen LogP contribution in [0.3, 0.4) is 0 Å². The van der Waals surface area contributed by atoms with Gasteiger partial charge in [-0.25, -0.2) is 9.97 Å². The van der Waals surface area contributed by atoms with Gasteiger partial charge in [-0.15, -0.1) is 0 Å². The number of aliphatic hydroxyl groups is 1. The number of carbonyl (C=O) groups is 1. The number of carbonyl (C=O) groups excluding carboxylic acids is 1. The number of pyridine rings is 1. The number of imidazole rings is 1. The van der Waals surface area contributed by atoms with Crippen LogP contribution in [-0.4, -0.2) is 51.8 Å². The van der Waals surface area contributed by atoms with Crippen LogP contribution in [0.1, 0.15) is 42.6 Å². The van der Waals surface area contributed by atoms with Crippen molar-refractivity contribution < 1.29 is 14.6 Å². The number of aromatic nitrogens is 3. The molecule has 0 aromatic carbocycles. The molecule has 0 radical (unpaired) electrons. The Labute approximate surface area is 146 Å². The maximum atomic E-state index is 12.8. The summed E-state index contributed by atoms with van der Waals surface area (Å²) >= 11 is 0. The molecule has 1 atom stereocenters. The minimum Gasteiger partial charge on any atom is -0.396 e. The van der Waals surface area contributed by atoms with Gasteiger partial charge in [0.1, 0.15) is 5.69 Å². The highest BCUT2D eigenvalue weighted by Crippen LogP contribution is 2.47. The molecule has 1 unspecified atom stereocenters. The monoisotopic (exact) mass is 344 g/mol. The SMILES string of the molecule is O=C(NC(C1CCOCC1)C1(CO)CCC1)c1ccc2[nH]cnc2n1. The lowest BCUT2D eigenvalue weighted by molar-refractivity contribution is -0.0379. The Morgan fingerprint density at radius 2 is 2.20 bits per heavy atom. The molecular formula is C18H24N4O3. The van der Waals surface area contributed by atoms with Crippen molar-refractivity contribution in [2.45, 2.75) is 38.1 Å². The van der Waals surface area contributed by atoms with E-state index >= 15 is 0 Å². The highest BCUT2D eigenvalue weighted by Gasteiger charge is 2.47. The van der Waals surface area contributed by atoms with Gasteiger partial charge in [-0.1, -0.05) is 6.42 Å². The number of nitrogens with zero attached hydrogens (tertiary/aromatic N) is 2. The van der Waals surface area contributed by atoms with Crippen molar-refractivity contribution in [3.05, 3.63) is 24.2 Å². The van der Waals surface area contributed by atoms with Gasteiger partial charge in [0.25, 0.3) is 5.91 Å². The second kappa shape index (κ2) is 6.72. The molecule has 1 aliphatic heterocycles. The number of hydrogen-bond acceptors (Lipinski definition) is 5. The Balaban J connectivity index is 1.57. The zero-order valence-corrected chi connectivity index (χ0v) is 14.2. The summed E-state index contributed by atoms with van der Waals surface area (Å²) in [6.07, 6.45) is 6.42. The van der Waals surface area contributed by atoms with Gasteiger partial charge in [-0.2, -0.15) is 0 Å². The summed E-state index contributed by atoms with van der Waals surface area (Å²) in [5, 5.41) is 13.2. The van der Waals surface area contributed by atoms with Gasteiger partial charge in [0.05, 0.1) is 18.5 Å². The van der Waals surface area contributed by atoms with Crippen LogP contribution in [0.15, 0.2) is 18.5 Å². The van der Waals surface area contributed by atoms with Gasteiger partial charge in [-0.3, -0.25) is 4.79 Å². The third kappa shape index (κ3) is 3.02. The number of aromatic amines is 1. The molecule has 4 rings (SSSR count). The van der Waals surface area contributed by atoms with E-state index in [9.17, 15) is 9.90 Å². The third-order valence-corrected chi connectivity index (χ3v) is 5.86. The molecule has 25 heavy (non-hydrogen) atoms. The Kier molecular flexibility index (Phi) is 4.43. The fourth-order valence-corrected chi connectivity index (χ4v) is 4.18. The zero-order chi connectivity index (χ0) is 17.3. The summed E-state index contributed by atoms with van der Waals surface area (Å²) in [5.41, 5.74) is 1.51. The Morgan fingerprint density at radius 3 is 2.88 bits per heavy atom. The number of amides is 1. The molecule has 2 aliphatic rings. The van der Waals surface area contributed by atoms with Gasteiger partial charge in [0.15, 0.2) is 5.65 Å². The van der Waals surface area contributed by atoms with Gasteiger partial charge in [0, 0.05) is 24.7 Å². The van der Waals surface area contributed by atoms with Crippen molar-refractivity contribution in [2.24, 2.45) is 11.3 Å². The van der Waals surface area contributed by atoms with Crippen molar-refractivity contribution in [3.8, 4) is 0 Å². The van der Waals surface area contributed by atoms with E-state index in [0.717, 1.165) is 50.8 Å². The molecule has 1 aliphatic carbocycles. The number of aliphatic hydroxyl groups excluding tert-OH is 1. The Hall–Kier alpha value is -1.99. The van der Waals surface area contributed by atoms with Crippen LogP contribution in [0.2, 0.25) is 0 Å². The summed E-state index contributed by atoms with van der Waals surface area (Å²) in [4.78, 5) is 24.3. The fourth-order valence-electron chi connectivity index (χ4n) is 4.18. The molecular weight excluding hydrogens is 320 g/mol. The summed E-state index contributed by atoms with van der Waals surface area (Å²) in [7, 11) is 0. The summed E-state index contributed by atoms with van der Waals surface area (Å²) in [6.45, 7) is 1.55. The lowest BCUT2D eigenvalue weighted by Crippen LogP contribution is -2.57. The topological polar surface area (TPSA) is 100 Å². The van der Waals surface area contributed by atoms with Crippen molar-refractivity contribution in [1.29, 1.82) is 0 Å². The zero-order valence-electron chi connectivity index (χ0n) is 14.2. The largest absolute Gasteiger partial charge is 0.396 e. The van der Waals surface area contributed by atoms with Gasteiger partial charge < -0.3 is 20.1 Å². The highest BCUT2D eigenvalue weighted by molar-refractivity contribution is 5.94. The molecule has 3 N–H and O–H groups in total. The van der Waals surface area contributed by atoms with Crippen molar-refractivity contribution in [3.63, 3.8) is 0 Å². The molecule has 2 fully saturated rings. The maximum Gasteiger partial charge on any atom is 0.270 e. The standard InChI is InChI=1S/C18H24N4O3/c23-10-18(6-1-7-18)15(12-4-8-25-9-5-12)22-17(24)14-3-2-13-16(21-14)20-11-19-13/h2-3,11-12,15,23H,1,4-10H2,(H,22,24)(H,19,20,21). The average Bonchev–Trinajstić information content (AvgIpc) is 3.08. The number of rotatable bonds is 5. The summed E-state index contributed by atoms with van der Waals surface area (Å²) in [6, 6.07) is 3.49. The number of nitrogens with one attached hydrogen (secondary N) is 2. The van der Waals surface area contributed by atoms with Crippen LogP contribution < -0.4 is 5.32 Å². The van der Waals surface area contributed by atoms with Crippen molar-refractivity contribution in [2.75, 3.05) is 19.8 Å². The van der Waals surface area contributed by atoms with Gasteiger partial charge in [-0.05, 0) is 43.7 Å². The second-order valence-electron chi connectivity index (χ2n) is 7.25. The van der Waals surface area contributed by atoms with Crippen LogP contribution >= 0.6 is 0 Å². The molecule has 3 heterocycles. The Bertz CT molecular complexity index is 744. The predicted octanol–water partition coefficient (Wildman–Crippen LogP) is 1.65. The molecule has 1 saturated heterocycles. The normalized spacial score (nSPS) is 21.6. The number of H-pyrrole nitrogens is 1. The van der Waals surface area contributed by atoms with E-state index in [4.69, 9.17) is 4.74 Å². The van der Waals surface area contributed by atoms with Gasteiger partial charge >= 0.3 is 0 Å². The first-order chi connectivity index (χ1) is 12.2. The van der Waals surface area contributed by atoms with Crippen LogP contribution in [-0.2, 0) is 4.74 Å². The molecule has 7 nitrogen and oxygen atoms in total. The van der Waals surface area contributed by atoms with E-state index in [2.05, 4.69) is 20.3 Å². The minimum absolute atomic E-state index is 0.0423. The molecule has 7 heteroatoms. The van der Waals surface area contributed by atoms with E-state index < -0.39 is 0 Å². The van der Waals surface area contributed by atoms with Crippen molar-refractivity contribution in [1.82, 2.24) is 20.3 Å². The number of fused-ring (bicyclic) bond motifs is 1. The average molecular weight is 344 g/mol. The van der Waals surface area contributed by atoms with E-state index in [1.165, 1.54) is 0 Å². The van der Waals surface area contributed by atoms with E-state index in [1.807, 2.05) is 6.07 Å². The molecule has 0 spiro atoms. The summed E-state index contributed by atoms with van der Waals surface area (Å²) in [5.74, 6) is 0.139. The van der Waals surface area contributed by atoms with E-state index in [-0.39, 0.29) is 24.0 Å². The van der Waals surface area contributed by atoms with Crippen LogP contribution in [0.4, 0.5) is 0 Å². The van der Waals surface area contributed by atoms with Crippen LogP contribution in [0.25, 0.3) is 11.2 Å². The molecule has 134 valence electrons. The van der Waals surface area contributed by atoms with Crippen LogP contribution in [0, 0.1) is 11.3 Å². The first-order valence-corrected chi connectivity index (χ1v) is 9.01. The first kappa shape index (κ1) is 16.5. The second-order valence-corrected chi connectivity index (χ2v) is 7.25. The van der Waals surface area contributed by atoms with Crippen molar-refractivity contribution >= 4 is 17.1 Å². The number of ether oxygens (including phenoxy) is 1. The quantitative estimate of drug-likeness (QED) is 0.766. The predicted molar refractivity (Wildman–Crippen MR) is 92.1 cm³/mol. The molecule has 2 aromatic rings. The lowest BCUT2D eigenvalue weighted by atomic mass is 9.60. The number of hydrogen-bond donors (Lipinski definition) is 3. The van der Waals surface area contributed by atoms with Gasteiger partial charge in [0.2, 0.25) is 0 Å². The highest BCUT2D eigenvalue weighted by atomic mass is 16.5. The molecule has 0 bridgehead atoms. The molecule has 1 saturated carbocycles. The smallest absolute Gasteiger partial charge is 0.270 e.